The van der Waals surface area contributed by atoms with Gasteiger partial charge >= 0.3 is 0 Å². The molecule has 0 saturated heterocycles. The molecule has 0 heterocycles. The van der Waals surface area contributed by atoms with E-state index >= 15 is 0 Å². The van der Waals surface area contributed by atoms with Crippen molar-refractivity contribution in [3.8, 4) is 5.75 Å². The van der Waals surface area contributed by atoms with Gasteiger partial charge in [0.25, 0.3) is 0 Å². The van der Waals surface area contributed by atoms with Crippen LogP contribution in [0, 0.1) is 0 Å². The lowest BCUT2D eigenvalue weighted by atomic mass is 10.1. The normalized spacial score (nSPS) is 10.0. The average Bonchev–Trinajstić information content (AvgIpc) is 2.17. The lowest BCUT2D eigenvalue weighted by Gasteiger charge is -2.03. The molecule has 0 saturated carbocycles. The minimum absolute atomic E-state index is 0.723. The van der Waals surface area contributed by atoms with Crippen LogP contribution in [0.4, 0.5) is 0 Å². The predicted molar refractivity (Wildman–Crippen MR) is 56.7 cm³/mol. The predicted octanol–water partition coefficient (Wildman–Crippen LogP) is 3.26. The molecule has 0 atom stereocenters. The van der Waals surface area contributed by atoms with Gasteiger partial charge in [-0.25, -0.2) is 0 Å². The molecular weight excluding hydrogens is 184 g/mol. The summed E-state index contributed by atoms with van der Waals surface area (Å²) in [5.74, 6) is 1.67. The first-order valence-electron chi connectivity index (χ1n) is 4.64. The highest BCUT2D eigenvalue weighted by Gasteiger charge is 1.94. The minimum atomic E-state index is 0.723. The van der Waals surface area contributed by atoms with Crippen molar-refractivity contribution < 1.29 is 4.74 Å². The Balaban J connectivity index is 2.48. The van der Waals surface area contributed by atoms with E-state index in [-0.39, 0.29) is 0 Å². The lowest BCUT2D eigenvalue weighted by Crippen LogP contribution is -1.92. The molecule has 0 radical (unpaired) electrons. The Morgan fingerprint density at radius 1 is 1.23 bits per heavy atom. The van der Waals surface area contributed by atoms with Crippen LogP contribution in [0.2, 0.25) is 0 Å². The van der Waals surface area contributed by atoms with Crippen molar-refractivity contribution in [3.05, 3.63) is 29.8 Å². The Labute approximate surface area is 84.7 Å². The van der Waals surface area contributed by atoms with Crippen LogP contribution < -0.4 is 4.74 Å². The van der Waals surface area contributed by atoms with Crippen LogP contribution in [0.25, 0.3) is 0 Å². The van der Waals surface area contributed by atoms with Gasteiger partial charge in [-0.1, -0.05) is 12.1 Å². The van der Waals surface area contributed by atoms with Gasteiger partial charge in [-0.15, -0.1) is 11.6 Å². The Morgan fingerprint density at radius 2 is 1.92 bits per heavy atom. The molecule has 0 aliphatic heterocycles. The molecule has 0 aliphatic carbocycles. The standard InChI is InChI=1S/C11H15ClO/c1-2-13-11-7-5-10(6-8-11)4-3-9-12/h5-8H,2-4,9H2,1H3. The number of hydrogen-bond acceptors (Lipinski definition) is 1. The lowest BCUT2D eigenvalue weighted by molar-refractivity contribution is 0.340. The quantitative estimate of drug-likeness (QED) is 0.660. The van der Waals surface area contributed by atoms with Gasteiger partial charge in [0.1, 0.15) is 5.75 Å². The zero-order valence-electron chi connectivity index (χ0n) is 7.92. The van der Waals surface area contributed by atoms with Gasteiger partial charge < -0.3 is 4.74 Å². The number of rotatable bonds is 5. The highest BCUT2D eigenvalue weighted by Crippen LogP contribution is 2.13. The maximum atomic E-state index is 5.61. The fourth-order valence-electron chi connectivity index (χ4n) is 1.19. The summed E-state index contributed by atoms with van der Waals surface area (Å²) in [5.41, 5.74) is 1.32. The van der Waals surface area contributed by atoms with Crippen LogP contribution in [0.3, 0.4) is 0 Å². The van der Waals surface area contributed by atoms with Gasteiger partial charge in [-0.3, -0.25) is 0 Å². The SMILES string of the molecule is CCOc1ccc(CCCCl)cc1. The summed E-state index contributed by atoms with van der Waals surface area (Å²) < 4.78 is 5.34. The van der Waals surface area contributed by atoms with E-state index in [1.807, 2.05) is 19.1 Å². The molecule has 0 aliphatic rings. The number of benzene rings is 1. The van der Waals surface area contributed by atoms with E-state index < -0.39 is 0 Å². The molecule has 0 N–H and O–H groups in total. The highest BCUT2D eigenvalue weighted by atomic mass is 35.5. The first-order chi connectivity index (χ1) is 6.36. The van der Waals surface area contributed by atoms with Crippen LogP contribution in [-0.2, 0) is 6.42 Å². The van der Waals surface area contributed by atoms with Gasteiger partial charge in [0.05, 0.1) is 6.61 Å². The fraction of sp³-hybridized carbons (Fsp3) is 0.455. The number of halogens is 1. The largest absolute Gasteiger partial charge is 0.494 e. The van der Waals surface area contributed by atoms with E-state index in [1.165, 1.54) is 5.56 Å². The van der Waals surface area contributed by atoms with Gasteiger partial charge in [0, 0.05) is 5.88 Å². The molecule has 0 bridgehead atoms. The Bertz CT molecular complexity index is 230. The Hall–Kier alpha value is -0.690. The molecule has 1 aromatic carbocycles. The van der Waals surface area contributed by atoms with E-state index in [9.17, 15) is 0 Å². The molecule has 0 aromatic heterocycles. The summed E-state index contributed by atoms with van der Waals surface area (Å²) in [6.07, 6.45) is 2.09. The molecule has 0 amide bonds. The van der Waals surface area contributed by atoms with Crippen molar-refractivity contribution in [2.45, 2.75) is 19.8 Å². The maximum Gasteiger partial charge on any atom is 0.119 e. The second-order valence-corrected chi connectivity index (χ2v) is 3.25. The van der Waals surface area contributed by atoms with E-state index in [0.717, 1.165) is 31.1 Å². The van der Waals surface area contributed by atoms with Crippen molar-refractivity contribution in [3.63, 3.8) is 0 Å². The minimum Gasteiger partial charge on any atom is -0.494 e. The van der Waals surface area contributed by atoms with Crippen molar-refractivity contribution >= 4 is 11.6 Å². The van der Waals surface area contributed by atoms with Crippen LogP contribution >= 0.6 is 11.6 Å². The van der Waals surface area contributed by atoms with Crippen LogP contribution in [-0.4, -0.2) is 12.5 Å². The first-order valence-corrected chi connectivity index (χ1v) is 5.18. The molecule has 0 spiro atoms. The molecule has 1 nitrogen and oxygen atoms in total. The smallest absolute Gasteiger partial charge is 0.119 e. The van der Waals surface area contributed by atoms with Crippen molar-refractivity contribution in [2.24, 2.45) is 0 Å². The van der Waals surface area contributed by atoms with Crippen LogP contribution in [0.5, 0.6) is 5.75 Å². The van der Waals surface area contributed by atoms with Gasteiger partial charge in [-0.05, 0) is 37.5 Å². The summed E-state index contributed by atoms with van der Waals surface area (Å²) in [4.78, 5) is 0. The van der Waals surface area contributed by atoms with Gasteiger partial charge in [-0.2, -0.15) is 0 Å². The number of aryl methyl sites for hydroxylation is 1. The second-order valence-electron chi connectivity index (χ2n) is 2.87. The molecule has 13 heavy (non-hydrogen) atoms. The molecule has 0 unspecified atom stereocenters. The molecule has 0 fully saturated rings. The van der Waals surface area contributed by atoms with Crippen LogP contribution in [0.15, 0.2) is 24.3 Å². The molecular formula is C11H15ClO. The Morgan fingerprint density at radius 3 is 2.46 bits per heavy atom. The third kappa shape index (κ3) is 3.69. The van der Waals surface area contributed by atoms with Crippen molar-refractivity contribution in [1.29, 1.82) is 0 Å². The molecule has 1 rings (SSSR count). The third-order valence-corrected chi connectivity index (χ3v) is 2.10. The van der Waals surface area contributed by atoms with Gasteiger partial charge in [0.15, 0.2) is 0 Å². The molecule has 2 heteroatoms. The van der Waals surface area contributed by atoms with E-state index in [0.29, 0.717) is 0 Å². The topological polar surface area (TPSA) is 9.23 Å². The second kappa shape index (κ2) is 5.87. The summed E-state index contributed by atoms with van der Waals surface area (Å²) in [7, 11) is 0. The monoisotopic (exact) mass is 198 g/mol. The summed E-state index contributed by atoms with van der Waals surface area (Å²) in [6.45, 7) is 2.71. The van der Waals surface area contributed by atoms with Crippen LogP contribution in [0.1, 0.15) is 18.9 Å². The Kier molecular flexibility index (Phi) is 4.69. The van der Waals surface area contributed by atoms with E-state index in [2.05, 4.69) is 12.1 Å². The zero-order valence-corrected chi connectivity index (χ0v) is 8.68. The highest BCUT2D eigenvalue weighted by molar-refractivity contribution is 6.17. The first kappa shape index (κ1) is 10.4. The van der Waals surface area contributed by atoms with Crippen molar-refractivity contribution in [1.82, 2.24) is 0 Å². The molecule has 1 aromatic rings. The summed E-state index contributed by atoms with van der Waals surface area (Å²) in [5, 5.41) is 0. The number of hydrogen-bond donors (Lipinski definition) is 0. The zero-order chi connectivity index (χ0) is 9.52. The average molecular weight is 199 g/mol. The number of ether oxygens (including phenoxy) is 1. The van der Waals surface area contributed by atoms with E-state index in [4.69, 9.17) is 16.3 Å². The fourth-order valence-corrected chi connectivity index (χ4v) is 1.32. The van der Waals surface area contributed by atoms with Crippen molar-refractivity contribution in [2.75, 3.05) is 12.5 Å². The molecule has 72 valence electrons. The summed E-state index contributed by atoms with van der Waals surface area (Å²) >= 11 is 5.61. The van der Waals surface area contributed by atoms with E-state index in [1.54, 1.807) is 0 Å². The third-order valence-electron chi connectivity index (χ3n) is 1.83. The number of alkyl halides is 1. The maximum absolute atomic E-state index is 5.61. The van der Waals surface area contributed by atoms with Gasteiger partial charge in [0.2, 0.25) is 0 Å². The summed E-state index contributed by atoms with van der Waals surface area (Å²) in [6, 6.07) is 8.20.